The Kier molecular flexibility index (Phi) is 9.84. The van der Waals surface area contributed by atoms with Crippen LogP contribution >= 0.6 is 0 Å². The van der Waals surface area contributed by atoms with Gasteiger partial charge in [-0.2, -0.15) is 0 Å². The van der Waals surface area contributed by atoms with Crippen LogP contribution in [0.3, 0.4) is 0 Å². The van der Waals surface area contributed by atoms with Gasteiger partial charge in [0.2, 0.25) is 0 Å². The van der Waals surface area contributed by atoms with Crippen LogP contribution in [-0.4, -0.2) is 4.57 Å². The number of hydrogen-bond acceptors (Lipinski definition) is 2. The third kappa shape index (κ3) is 7.25. The summed E-state index contributed by atoms with van der Waals surface area (Å²) in [4.78, 5) is 2.35. The van der Waals surface area contributed by atoms with Gasteiger partial charge in [0.15, 0.2) is 5.58 Å². The summed E-state index contributed by atoms with van der Waals surface area (Å²) < 4.78 is 8.91. The van der Waals surface area contributed by atoms with Crippen molar-refractivity contribution in [3.05, 3.63) is 267 Å². The van der Waals surface area contributed by atoms with E-state index in [-0.39, 0.29) is 0 Å². The Morgan fingerprint density at radius 3 is 1.16 bits per heavy atom. The minimum absolute atomic E-state index is 0.893. The summed E-state index contributed by atoms with van der Waals surface area (Å²) in [5, 5.41) is 4.65. The second-order valence-corrected chi connectivity index (χ2v) is 17.7. The molecule has 0 fully saturated rings. The molecule has 0 saturated carbocycles. The van der Waals surface area contributed by atoms with E-state index in [1.54, 1.807) is 0 Å². The van der Waals surface area contributed by atoms with Crippen LogP contribution in [0.1, 0.15) is 0 Å². The number of rotatable bonds is 9. The van der Waals surface area contributed by atoms with E-state index >= 15 is 0 Å². The van der Waals surface area contributed by atoms with Crippen LogP contribution in [-0.2, 0) is 0 Å². The van der Waals surface area contributed by atoms with E-state index in [4.69, 9.17) is 4.42 Å². The van der Waals surface area contributed by atoms with Crippen LogP contribution in [0.2, 0.25) is 0 Å². The highest BCUT2D eigenvalue weighted by molar-refractivity contribution is 6.13. The molecule has 0 aliphatic heterocycles. The Balaban J connectivity index is 0.854. The Morgan fingerprint density at radius 2 is 0.638 bits per heavy atom. The summed E-state index contributed by atoms with van der Waals surface area (Å²) in [5.74, 6) is 0. The Hall–Kier alpha value is -9.18. The highest BCUT2D eigenvalue weighted by Gasteiger charge is 2.19. The van der Waals surface area contributed by atoms with Crippen LogP contribution in [0.15, 0.2) is 271 Å². The fraction of sp³-hybridized carbons (Fsp3) is 0. The maximum Gasteiger partial charge on any atom is 0.159 e. The van der Waals surface area contributed by atoms with Crippen LogP contribution in [0, 0.1) is 0 Å². The van der Waals surface area contributed by atoms with E-state index in [0.29, 0.717) is 0 Å². The number of furan rings is 1. The molecular weight excluding hydrogens is 837 g/mol. The molecule has 0 amide bonds. The van der Waals surface area contributed by atoms with E-state index < -0.39 is 0 Å². The van der Waals surface area contributed by atoms with Gasteiger partial charge in [-0.15, -0.1) is 0 Å². The molecule has 3 nitrogen and oxygen atoms in total. The molecule has 0 aliphatic rings. The number of anilines is 3. The summed E-state index contributed by atoms with van der Waals surface area (Å²) in [5.41, 5.74) is 20.3. The maximum absolute atomic E-state index is 6.56. The number of para-hydroxylation sites is 3. The molecule has 0 saturated heterocycles. The van der Waals surface area contributed by atoms with Crippen molar-refractivity contribution in [1.82, 2.24) is 4.57 Å². The van der Waals surface area contributed by atoms with E-state index in [1.807, 2.05) is 12.1 Å². The minimum Gasteiger partial charge on any atom is -0.454 e. The summed E-state index contributed by atoms with van der Waals surface area (Å²) in [6, 6.07) is 96.0. The topological polar surface area (TPSA) is 21.3 Å². The van der Waals surface area contributed by atoms with Crippen molar-refractivity contribution in [1.29, 1.82) is 0 Å². The second-order valence-electron chi connectivity index (χ2n) is 17.7. The lowest BCUT2D eigenvalue weighted by Crippen LogP contribution is -2.09. The van der Waals surface area contributed by atoms with Gasteiger partial charge in [0.05, 0.1) is 16.7 Å². The van der Waals surface area contributed by atoms with Crippen molar-refractivity contribution < 1.29 is 4.42 Å². The van der Waals surface area contributed by atoms with Crippen molar-refractivity contribution in [3.63, 3.8) is 0 Å². The molecule has 0 radical (unpaired) electrons. The number of aromatic nitrogens is 1. The molecule has 0 bridgehead atoms. The summed E-state index contributed by atoms with van der Waals surface area (Å²) in [6.07, 6.45) is 0. The summed E-state index contributed by atoms with van der Waals surface area (Å²) in [6.45, 7) is 0. The molecular formula is C66H44N2O. The van der Waals surface area contributed by atoms with Crippen LogP contribution in [0.4, 0.5) is 17.1 Å². The fourth-order valence-corrected chi connectivity index (χ4v) is 10.1. The highest BCUT2D eigenvalue weighted by Crippen LogP contribution is 2.41. The first-order valence-corrected chi connectivity index (χ1v) is 23.6. The van der Waals surface area contributed by atoms with Gasteiger partial charge in [-0.05, 0) is 122 Å². The van der Waals surface area contributed by atoms with Crippen LogP contribution in [0.5, 0.6) is 0 Å². The number of benzene rings is 11. The van der Waals surface area contributed by atoms with Gasteiger partial charge < -0.3 is 13.9 Å². The van der Waals surface area contributed by atoms with Crippen molar-refractivity contribution >= 4 is 60.8 Å². The van der Waals surface area contributed by atoms with Crippen LogP contribution in [0.25, 0.3) is 105 Å². The van der Waals surface area contributed by atoms with Gasteiger partial charge in [-0.1, -0.05) is 200 Å². The third-order valence-corrected chi connectivity index (χ3v) is 13.7. The van der Waals surface area contributed by atoms with Gasteiger partial charge in [-0.3, -0.25) is 0 Å². The normalized spacial score (nSPS) is 11.5. The average molecular weight is 881 g/mol. The maximum atomic E-state index is 6.56. The smallest absolute Gasteiger partial charge is 0.159 e. The minimum atomic E-state index is 0.893. The zero-order valence-electron chi connectivity index (χ0n) is 37.7. The largest absolute Gasteiger partial charge is 0.454 e. The van der Waals surface area contributed by atoms with Crippen molar-refractivity contribution in [2.45, 2.75) is 0 Å². The van der Waals surface area contributed by atoms with Crippen molar-refractivity contribution in [3.8, 4) is 61.3 Å². The average Bonchev–Trinajstić information content (AvgIpc) is 3.98. The lowest BCUT2D eigenvalue weighted by molar-refractivity contribution is 0.666. The molecule has 11 aromatic carbocycles. The first kappa shape index (κ1) is 40.1. The zero-order chi connectivity index (χ0) is 45.7. The fourth-order valence-electron chi connectivity index (χ4n) is 10.1. The summed E-state index contributed by atoms with van der Waals surface area (Å²) in [7, 11) is 0. The Bertz CT molecular complexity index is 3820. The van der Waals surface area contributed by atoms with Crippen molar-refractivity contribution in [2.75, 3.05) is 4.90 Å². The van der Waals surface area contributed by atoms with Crippen LogP contribution < -0.4 is 4.90 Å². The Labute approximate surface area is 401 Å². The molecule has 0 aliphatic carbocycles. The predicted molar refractivity (Wildman–Crippen MR) is 290 cm³/mol. The number of fused-ring (bicyclic) bond motifs is 6. The molecule has 0 atom stereocenters. The molecule has 69 heavy (non-hydrogen) atoms. The zero-order valence-corrected chi connectivity index (χ0v) is 37.7. The standard InChI is InChI=1S/C66H44N2O/c1-3-12-45(13-4-1)47-22-26-49(27-23-47)51-30-37-55(38-31-51)67(56-39-32-52(33-40-56)50-28-24-48(25-29-50)46-14-5-2-6-15-46)57-41-34-53(35-42-57)54-36-43-63-61(44-54)58-16-7-9-19-62(58)68(63)64-20-11-18-60-59-17-8-10-21-65(59)69-66(60)64/h1-44H. The van der Waals surface area contributed by atoms with Gasteiger partial charge >= 0.3 is 0 Å². The second kappa shape index (κ2) is 16.9. The molecule has 0 spiro atoms. The SMILES string of the molecule is c1ccc(-c2ccc(-c3ccc(N(c4ccc(-c5ccc(-c6ccccc6)cc5)cc4)c4ccc(-c5ccc6c(c5)c5ccccc5n6-c5cccc6c5oc5ccccc56)cc4)cc3)cc2)cc1. The molecule has 0 unspecified atom stereocenters. The first-order valence-electron chi connectivity index (χ1n) is 23.6. The monoisotopic (exact) mass is 880 g/mol. The van der Waals surface area contributed by atoms with Gasteiger partial charge in [0.1, 0.15) is 5.58 Å². The van der Waals surface area contributed by atoms with Gasteiger partial charge in [-0.25, -0.2) is 0 Å². The molecule has 324 valence electrons. The molecule has 0 N–H and O–H groups in total. The molecule has 3 heteroatoms. The number of hydrogen-bond donors (Lipinski definition) is 0. The number of nitrogens with zero attached hydrogens (tertiary/aromatic N) is 2. The lowest BCUT2D eigenvalue weighted by atomic mass is 9.99. The molecule has 2 heterocycles. The van der Waals surface area contributed by atoms with E-state index in [1.165, 1.54) is 55.3 Å². The van der Waals surface area contributed by atoms with E-state index in [0.717, 1.165) is 66.8 Å². The lowest BCUT2D eigenvalue weighted by Gasteiger charge is -2.26. The van der Waals surface area contributed by atoms with Gasteiger partial charge in [0, 0.05) is 38.6 Å². The van der Waals surface area contributed by atoms with E-state index in [2.05, 4.69) is 264 Å². The third-order valence-electron chi connectivity index (χ3n) is 13.7. The quantitative estimate of drug-likeness (QED) is 0.144. The molecule has 2 aromatic heterocycles. The van der Waals surface area contributed by atoms with Crippen molar-refractivity contribution in [2.24, 2.45) is 0 Å². The molecule has 13 rings (SSSR count). The highest BCUT2D eigenvalue weighted by atomic mass is 16.3. The summed E-state index contributed by atoms with van der Waals surface area (Å²) >= 11 is 0. The molecule has 13 aromatic rings. The first-order chi connectivity index (χ1) is 34.2. The van der Waals surface area contributed by atoms with Gasteiger partial charge in [0.25, 0.3) is 0 Å². The van der Waals surface area contributed by atoms with E-state index in [9.17, 15) is 0 Å². The Morgan fingerprint density at radius 1 is 0.261 bits per heavy atom. The predicted octanol–water partition coefficient (Wildman–Crippen LogP) is 18.5.